The number of aromatic nitrogens is 4. The van der Waals surface area contributed by atoms with E-state index in [1.807, 2.05) is 0 Å². The van der Waals surface area contributed by atoms with Crippen LogP contribution in [-0.4, -0.2) is 43.8 Å². The minimum atomic E-state index is -0.256. The number of carbonyl (C=O) groups excluding carboxylic acids is 1. The van der Waals surface area contributed by atoms with Crippen LogP contribution in [0.2, 0.25) is 0 Å². The lowest BCUT2D eigenvalue weighted by atomic mass is 10.1. The monoisotopic (exact) mass is 341 g/mol. The van der Waals surface area contributed by atoms with E-state index in [1.54, 1.807) is 17.0 Å². The molecule has 1 saturated heterocycles. The molecule has 0 aliphatic carbocycles. The lowest BCUT2D eigenvalue weighted by molar-refractivity contribution is 0.0782. The zero-order valence-corrected chi connectivity index (χ0v) is 13.5. The van der Waals surface area contributed by atoms with Gasteiger partial charge in [-0.2, -0.15) is 10.1 Å². The van der Waals surface area contributed by atoms with Gasteiger partial charge in [0.1, 0.15) is 5.69 Å². The highest BCUT2D eigenvalue weighted by molar-refractivity contribution is 5.92. The van der Waals surface area contributed by atoms with E-state index in [2.05, 4.69) is 15.2 Å². The van der Waals surface area contributed by atoms with Crippen LogP contribution in [0.15, 0.2) is 44.3 Å². The second kappa shape index (κ2) is 6.00. The summed E-state index contributed by atoms with van der Waals surface area (Å²) in [6.45, 7) is 1.04. The fourth-order valence-corrected chi connectivity index (χ4v) is 2.83. The summed E-state index contributed by atoms with van der Waals surface area (Å²) in [5.41, 5.74) is -0.0137. The van der Waals surface area contributed by atoms with Crippen molar-refractivity contribution in [3.05, 3.63) is 52.4 Å². The van der Waals surface area contributed by atoms with Crippen molar-refractivity contribution >= 4 is 5.91 Å². The summed E-state index contributed by atoms with van der Waals surface area (Å²) in [7, 11) is 1.52. The molecule has 128 valence electrons. The van der Waals surface area contributed by atoms with Crippen molar-refractivity contribution in [1.82, 2.24) is 24.8 Å². The number of carbonyl (C=O) groups is 1. The van der Waals surface area contributed by atoms with E-state index in [9.17, 15) is 9.59 Å². The van der Waals surface area contributed by atoms with Crippen molar-refractivity contribution in [1.29, 1.82) is 0 Å². The summed E-state index contributed by atoms with van der Waals surface area (Å²) in [5.74, 6) is 1.16. The number of likely N-dealkylation sites (tertiary alicyclic amines) is 1. The highest BCUT2D eigenvalue weighted by atomic mass is 16.5. The Morgan fingerprint density at radius 2 is 2.20 bits per heavy atom. The second-order valence-electron chi connectivity index (χ2n) is 5.85. The molecule has 1 amide bonds. The van der Waals surface area contributed by atoms with E-state index >= 15 is 0 Å². The molecule has 1 atom stereocenters. The van der Waals surface area contributed by atoms with Crippen molar-refractivity contribution in [2.45, 2.75) is 12.3 Å². The van der Waals surface area contributed by atoms with E-state index in [1.165, 1.54) is 25.4 Å². The SMILES string of the molecule is Cn1nc(C(=O)N2CC[C@@H](c3noc(-c4ccco4)n3)C2)ccc1=O. The van der Waals surface area contributed by atoms with Gasteiger partial charge in [0.05, 0.1) is 6.26 Å². The molecule has 3 aromatic heterocycles. The molecule has 25 heavy (non-hydrogen) atoms. The molecule has 4 heterocycles. The molecule has 0 N–H and O–H groups in total. The van der Waals surface area contributed by atoms with Crippen molar-refractivity contribution in [3.8, 4) is 11.7 Å². The molecule has 0 spiro atoms. The highest BCUT2D eigenvalue weighted by Crippen LogP contribution is 2.28. The highest BCUT2D eigenvalue weighted by Gasteiger charge is 2.32. The van der Waals surface area contributed by atoms with Crippen molar-refractivity contribution in [2.24, 2.45) is 7.05 Å². The number of aryl methyl sites for hydroxylation is 1. The van der Waals surface area contributed by atoms with Gasteiger partial charge in [0, 0.05) is 32.1 Å². The predicted molar refractivity (Wildman–Crippen MR) is 84.7 cm³/mol. The van der Waals surface area contributed by atoms with Crippen LogP contribution in [0.4, 0.5) is 0 Å². The molecule has 0 bridgehead atoms. The number of hydrogen-bond acceptors (Lipinski definition) is 7. The Hall–Kier alpha value is -3.23. The molecule has 0 aromatic carbocycles. The molecular weight excluding hydrogens is 326 g/mol. The lowest BCUT2D eigenvalue weighted by Crippen LogP contribution is -2.31. The smallest absolute Gasteiger partial charge is 0.293 e. The molecule has 0 saturated carbocycles. The van der Waals surface area contributed by atoms with Crippen molar-refractivity contribution in [2.75, 3.05) is 13.1 Å². The molecule has 9 heteroatoms. The Morgan fingerprint density at radius 1 is 1.32 bits per heavy atom. The number of rotatable bonds is 3. The number of furan rings is 1. The van der Waals surface area contributed by atoms with Gasteiger partial charge in [0.15, 0.2) is 11.6 Å². The Balaban J connectivity index is 1.48. The minimum absolute atomic E-state index is 0.0102. The van der Waals surface area contributed by atoms with E-state index < -0.39 is 0 Å². The third kappa shape index (κ3) is 2.84. The Labute approximate surface area is 141 Å². The molecule has 9 nitrogen and oxygen atoms in total. The maximum absolute atomic E-state index is 12.5. The first-order valence-electron chi connectivity index (χ1n) is 7.83. The summed E-state index contributed by atoms with van der Waals surface area (Å²) in [6.07, 6.45) is 2.27. The van der Waals surface area contributed by atoms with E-state index in [4.69, 9.17) is 8.94 Å². The average molecular weight is 341 g/mol. The zero-order chi connectivity index (χ0) is 17.4. The third-order valence-corrected chi connectivity index (χ3v) is 4.19. The van der Waals surface area contributed by atoms with E-state index in [-0.39, 0.29) is 23.1 Å². The van der Waals surface area contributed by atoms with Gasteiger partial charge in [0.25, 0.3) is 17.4 Å². The Bertz CT molecular complexity index is 959. The number of hydrogen-bond donors (Lipinski definition) is 0. The largest absolute Gasteiger partial charge is 0.459 e. The van der Waals surface area contributed by atoms with Crippen LogP contribution in [-0.2, 0) is 7.05 Å². The van der Waals surface area contributed by atoms with Crippen molar-refractivity contribution in [3.63, 3.8) is 0 Å². The normalized spacial score (nSPS) is 17.2. The van der Waals surface area contributed by atoms with Crippen LogP contribution in [0, 0.1) is 0 Å². The summed E-state index contributed by atoms with van der Waals surface area (Å²) < 4.78 is 11.6. The maximum Gasteiger partial charge on any atom is 0.293 e. The minimum Gasteiger partial charge on any atom is -0.459 e. The van der Waals surface area contributed by atoms with E-state index in [0.717, 1.165) is 11.1 Å². The van der Waals surface area contributed by atoms with Gasteiger partial charge in [0.2, 0.25) is 0 Å². The van der Waals surface area contributed by atoms with Crippen LogP contribution in [0.1, 0.15) is 28.7 Å². The first-order chi connectivity index (χ1) is 12.1. The summed E-state index contributed by atoms with van der Waals surface area (Å²) in [6, 6.07) is 6.27. The molecule has 3 aromatic rings. The van der Waals surface area contributed by atoms with Crippen LogP contribution >= 0.6 is 0 Å². The van der Waals surface area contributed by atoms with Crippen LogP contribution in [0.5, 0.6) is 0 Å². The van der Waals surface area contributed by atoms with Gasteiger partial charge >= 0.3 is 0 Å². The van der Waals surface area contributed by atoms with Crippen LogP contribution in [0.3, 0.4) is 0 Å². The van der Waals surface area contributed by atoms with Crippen LogP contribution in [0.25, 0.3) is 11.7 Å². The summed E-state index contributed by atoms with van der Waals surface area (Å²) in [5, 5.41) is 8.00. The molecular formula is C16H15N5O4. The predicted octanol–water partition coefficient (Wildman–Crippen LogP) is 1.05. The fraction of sp³-hybridized carbons (Fsp3) is 0.312. The van der Waals surface area contributed by atoms with Crippen LogP contribution < -0.4 is 5.56 Å². The van der Waals surface area contributed by atoms with E-state index in [0.29, 0.717) is 30.6 Å². The summed E-state index contributed by atoms with van der Waals surface area (Å²) in [4.78, 5) is 30.0. The third-order valence-electron chi connectivity index (χ3n) is 4.19. The fourth-order valence-electron chi connectivity index (χ4n) is 2.83. The van der Waals surface area contributed by atoms with Gasteiger partial charge in [-0.25, -0.2) is 4.68 Å². The van der Waals surface area contributed by atoms with Gasteiger partial charge in [-0.05, 0) is 24.6 Å². The second-order valence-corrected chi connectivity index (χ2v) is 5.85. The van der Waals surface area contributed by atoms with Gasteiger partial charge < -0.3 is 13.8 Å². The lowest BCUT2D eigenvalue weighted by Gasteiger charge is -2.15. The Kier molecular flexibility index (Phi) is 3.68. The Morgan fingerprint density at radius 3 is 2.96 bits per heavy atom. The standard InChI is InChI=1S/C16H15N5O4/c1-20-13(22)5-4-11(18-20)16(23)21-7-6-10(9-21)14-17-15(25-19-14)12-3-2-8-24-12/h2-5,8,10H,6-7,9H2,1H3/t10-/m1/s1. The quantitative estimate of drug-likeness (QED) is 0.701. The topological polar surface area (TPSA) is 107 Å². The van der Waals surface area contributed by atoms with Crippen molar-refractivity contribution < 1.29 is 13.7 Å². The molecule has 0 radical (unpaired) electrons. The number of nitrogens with zero attached hydrogens (tertiary/aromatic N) is 5. The van der Waals surface area contributed by atoms with Gasteiger partial charge in [-0.15, -0.1) is 0 Å². The van der Waals surface area contributed by atoms with Gasteiger partial charge in [-0.3, -0.25) is 9.59 Å². The molecule has 1 aliphatic heterocycles. The maximum atomic E-state index is 12.5. The molecule has 1 fully saturated rings. The molecule has 1 aliphatic rings. The zero-order valence-electron chi connectivity index (χ0n) is 13.5. The first kappa shape index (κ1) is 15.3. The first-order valence-corrected chi connectivity index (χ1v) is 7.83. The summed E-state index contributed by atoms with van der Waals surface area (Å²) >= 11 is 0. The molecule has 4 rings (SSSR count). The average Bonchev–Trinajstić information content (AvgIpc) is 3.36. The number of amides is 1. The van der Waals surface area contributed by atoms with Gasteiger partial charge in [-0.1, -0.05) is 5.16 Å². The molecule has 0 unspecified atom stereocenters.